The average molecular weight is 270 g/mol. The van der Waals surface area contributed by atoms with E-state index in [1.165, 1.54) is 6.42 Å². The minimum atomic E-state index is -0.478. The summed E-state index contributed by atoms with van der Waals surface area (Å²) in [6.45, 7) is 7.73. The fourth-order valence-electron chi connectivity index (χ4n) is 2.05. The summed E-state index contributed by atoms with van der Waals surface area (Å²) in [4.78, 5) is 25.2. The number of nitrogens with zero attached hydrogens (tertiary/aromatic N) is 1. The summed E-state index contributed by atoms with van der Waals surface area (Å²) in [6.07, 6.45) is 4.19. The standard InChI is InChI=1S/C14H26N2O3/c1-14(2,3)19-13(18)15-9-7-8-12(17)16-10-5-4-6-11-16/h4-11H2,1-3H3,(H,15,18). The SMILES string of the molecule is CC(C)(C)OC(=O)NCCCC(=O)N1CCCCC1. The van der Waals surface area contributed by atoms with E-state index in [1.54, 1.807) is 0 Å². The zero-order chi connectivity index (χ0) is 14.3. The Hall–Kier alpha value is -1.26. The first kappa shape index (κ1) is 15.8. The van der Waals surface area contributed by atoms with Crippen molar-refractivity contribution in [2.45, 2.75) is 58.5 Å². The lowest BCUT2D eigenvalue weighted by atomic mass is 10.1. The van der Waals surface area contributed by atoms with Crippen molar-refractivity contribution >= 4 is 12.0 Å². The number of alkyl carbamates (subject to hydrolysis) is 1. The summed E-state index contributed by atoms with van der Waals surface area (Å²) in [6, 6.07) is 0. The van der Waals surface area contributed by atoms with Crippen LogP contribution >= 0.6 is 0 Å². The number of piperidine rings is 1. The third kappa shape index (κ3) is 7.03. The number of hydrogen-bond donors (Lipinski definition) is 1. The maximum absolute atomic E-state index is 11.9. The van der Waals surface area contributed by atoms with E-state index < -0.39 is 11.7 Å². The Morgan fingerprint density at radius 3 is 2.37 bits per heavy atom. The van der Waals surface area contributed by atoms with Crippen LogP contribution < -0.4 is 5.32 Å². The van der Waals surface area contributed by atoms with E-state index in [1.807, 2.05) is 25.7 Å². The number of carbonyl (C=O) groups is 2. The van der Waals surface area contributed by atoms with Crippen molar-refractivity contribution in [2.24, 2.45) is 0 Å². The lowest BCUT2D eigenvalue weighted by Crippen LogP contribution is -2.36. The minimum absolute atomic E-state index is 0.200. The highest BCUT2D eigenvalue weighted by Gasteiger charge is 2.17. The Balaban J connectivity index is 2.10. The molecule has 0 radical (unpaired) electrons. The van der Waals surface area contributed by atoms with Gasteiger partial charge >= 0.3 is 6.09 Å². The van der Waals surface area contributed by atoms with Gasteiger partial charge in [-0.25, -0.2) is 4.79 Å². The zero-order valence-corrected chi connectivity index (χ0v) is 12.3. The van der Waals surface area contributed by atoms with Gasteiger partial charge in [0.25, 0.3) is 0 Å². The van der Waals surface area contributed by atoms with Crippen molar-refractivity contribution in [1.29, 1.82) is 0 Å². The molecule has 0 saturated carbocycles. The van der Waals surface area contributed by atoms with Crippen LogP contribution in [-0.4, -0.2) is 42.1 Å². The second kappa shape index (κ2) is 7.36. The second-order valence-electron chi connectivity index (χ2n) is 5.97. The van der Waals surface area contributed by atoms with Gasteiger partial charge in [-0.3, -0.25) is 4.79 Å². The Morgan fingerprint density at radius 2 is 1.79 bits per heavy atom. The van der Waals surface area contributed by atoms with E-state index in [4.69, 9.17) is 4.74 Å². The molecule has 2 amide bonds. The van der Waals surface area contributed by atoms with Gasteiger partial charge in [-0.1, -0.05) is 0 Å². The molecule has 1 rings (SSSR count). The van der Waals surface area contributed by atoms with Crippen LogP contribution in [-0.2, 0) is 9.53 Å². The molecule has 1 fully saturated rings. The smallest absolute Gasteiger partial charge is 0.407 e. The summed E-state index contributed by atoms with van der Waals surface area (Å²) in [7, 11) is 0. The van der Waals surface area contributed by atoms with E-state index >= 15 is 0 Å². The summed E-state index contributed by atoms with van der Waals surface area (Å²) >= 11 is 0. The number of nitrogens with one attached hydrogen (secondary N) is 1. The molecule has 1 aliphatic heterocycles. The van der Waals surface area contributed by atoms with Crippen LogP contribution in [0, 0.1) is 0 Å². The Kier molecular flexibility index (Phi) is 6.12. The van der Waals surface area contributed by atoms with Crippen LogP contribution in [0.2, 0.25) is 0 Å². The molecule has 0 spiro atoms. The zero-order valence-electron chi connectivity index (χ0n) is 12.3. The van der Waals surface area contributed by atoms with E-state index in [2.05, 4.69) is 5.32 Å². The molecule has 0 unspecified atom stereocenters. The molecule has 5 heteroatoms. The fourth-order valence-corrected chi connectivity index (χ4v) is 2.05. The number of amides is 2. The highest BCUT2D eigenvalue weighted by molar-refractivity contribution is 5.76. The molecule has 5 nitrogen and oxygen atoms in total. The van der Waals surface area contributed by atoms with Crippen LogP contribution in [0.5, 0.6) is 0 Å². The molecule has 1 N–H and O–H groups in total. The maximum atomic E-state index is 11.9. The maximum Gasteiger partial charge on any atom is 0.407 e. The Labute approximate surface area is 115 Å². The molecule has 1 aliphatic rings. The number of ether oxygens (including phenoxy) is 1. The minimum Gasteiger partial charge on any atom is -0.444 e. The molecule has 0 aromatic carbocycles. The highest BCUT2D eigenvalue weighted by Crippen LogP contribution is 2.10. The van der Waals surface area contributed by atoms with Crippen LogP contribution in [0.3, 0.4) is 0 Å². The molecule has 0 bridgehead atoms. The van der Waals surface area contributed by atoms with Gasteiger partial charge in [0, 0.05) is 26.1 Å². The van der Waals surface area contributed by atoms with Gasteiger partial charge in [-0.05, 0) is 46.5 Å². The Bertz CT molecular complexity index is 304. The van der Waals surface area contributed by atoms with Crippen molar-refractivity contribution in [3.63, 3.8) is 0 Å². The van der Waals surface area contributed by atoms with Crippen molar-refractivity contribution in [2.75, 3.05) is 19.6 Å². The molecule has 0 aromatic rings. The van der Waals surface area contributed by atoms with E-state index in [0.717, 1.165) is 25.9 Å². The van der Waals surface area contributed by atoms with Crippen molar-refractivity contribution < 1.29 is 14.3 Å². The van der Waals surface area contributed by atoms with Crippen molar-refractivity contribution in [1.82, 2.24) is 10.2 Å². The monoisotopic (exact) mass is 270 g/mol. The summed E-state index contributed by atoms with van der Waals surface area (Å²) in [5, 5.41) is 2.67. The van der Waals surface area contributed by atoms with Gasteiger partial charge in [0.2, 0.25) is 5.91 Å². The summed E-state index contributed by atoms with van der Waals surface area (Å²) < 4.78 is 5.12. The second-order valence-corrected chi connectivity index (χ2v) is 5.97. The first-order chi connectivity index (χ1) is 8.88. The van der Waals surface area contributed by atoms with Gasteiger partial charge in [0.05, 0.1) is 0 Å². The molecule has 0 atom stereocenters. The van der Waals surface area contributed by atoms with Gasteiger partial charge in [0.1, 0.15) is 5.60 Å². The van der Waals surface area contributed by atoms with Crippen molar-refractivity contribution in [3.05, 3.63) is 0 Å². The van der Waals surface area contributed by atoms with E-state index in [9.17, 15) is 9.59 Å². The van der Waals surface area contributed by atoms with Gasteiger partial charge in [0.15, 0.2) is 0 Å². The van der Waals surface area contributed by atoms with Crippen LogP contribution in [0.1, 0.15) is 52.9 Å². The number of hydrogen-bond acceptors (Lipinski definition) is 3. The molecule has 0 aliphatic carbocycles. The molecule has 1 heterocycles. The molecular weight excluding hydrogens is 244 g/mol. The van der Waals surface area contributed by atoms with Gasteiger partial charge < -0.3 is 15.0 Å². The van der Waals surface area contributed by atoms with Crippen LogP contribution in [0.25, 0.3) is 0 Å². The summed E-state index contributed by atoms with van der Waals surface area (Å²) in [5.74, 6) is 0.200. The first-order valence-corrected chi connectivity index (χ1v) is 7.13. The fraction of sp³-hybridized carbons (Fsp3) is 0.857. The molecular formula is C14H26N2O3. The highest BCUT2D eigenvalue weighted by atomic mass is 16.6. The average Bonchev–Trinajstić information content (AvgIpc) is 2.33. The number of carbonyl (C=O) groups excluding carboxylic acids is 2. The van der Waals surface area contributed by atoms with Crippen LogP contribution in [0.15, 0.2) is 0 Å². The molecule has 0 aromatic heterocycles. The largest absolute Gasteiger partial charge is 0.444 e. The molecule has 1 saturated heterocycles. The third-order valence-electron chi connectivity index (χ3n) is 2.94. The van der Waals surface area contributed by atoms with Gasteiger partial charge in [-0.2, -0.15) is 0 Å². The normalized spacial score (nSPS) is 16.1. The van der Waals surface area contributed by atoms with Crippen LogP contribution in [0.4, 0.5) is 4.79 Å². The Morgan fingerprint density at radius 1 is 1.16 bits per heavy atom. The van der Waals surface area contributed by atoms with Crippen molar-refractivity contribution in [3.8, 4) is 0 Å². The third-order valence-corrected chi connectivity index (χ3v) is 2.94. The predicted octanol–water partition coefficient (Wildman–Crippen LogP) is 2.30. The lowest BCUT2D eigenvalue weighted by Gasteiger charge is -2.26. The van der Waals surface area contributed by atoms with E-state index in [-0.39, 0.29) is 5.91 Å². The number of likely N-dealkylation sites (tertiary alicyclic amines) is 1. The quantitative estimate of drug-likeness (QED) is 0.797. The predicted molar refractivity (Wildman–Crippen MR) is 73.9 cm³/mol. The lowest BCUT2D eigenvalue weighted by molar-refractivity contribution is -0.132. The number of rotatable bonds is 4. The van der Waals surface area contributed by atoms with Gasteiger partial charge in [-0.15, -0.1) is 0 Å². The van der Waals surface area contributed by atoms with E-state index in [0.29, 0.717) is 19.4 Å². The first-order valence-electron chi connectivity index (χ1n) is 7.13. The topological polar surface area (TPSA) is 58.6 Å². The molecule has 19 heavy (non-hydrogen) atoms. The summed E-state index contributed by atoms with van der Waals surface area (Å²) in [5.41, 5.74) is -0.478. The molecule has 110 valence electrons.